The predicted octanol–water partition coefficient (Wildman–Crippen LogP) is 4.63. The Bertz CT molecular complexity index is 898. The normalized spacial score (nSPS) is 11.4. The molecule has 0 aliphatic carbocycles. The van der Waals surface area contributed by atoms with Crippen molar-refractivity contribution in [2.75, 3.05) is 10.6 Å². The number of anilines is 2. The Morgan fingerprint density at radius 1 is 1.15 bits per heavy atom. The molecule has 2 rings (SSSR count). The van der Waals surface area contributed by atoms with Crippen molar-refractivity contribution in [1.82, 2.24) is 0 Å². The molecule has 26 heavy (non-hydrogen) atoms. The monoisotopic (exact) mass is 344 g/mol. The van der Waals surface area contributed by atoms with Crippen LogP contribution in [0.1, 0.15) is 18.1 Å². The first kappa shape index (κ1) is 18.6. The molecule has 0 radical (unpaired) electrons. The van der Waals surface area contributed by atoms with E-state index >= 15 is 0 Å². The van der Waals surface area contributed by atoms with Gasteiger partial charge >= 0.3 is 6.03 Å². The number of nitrogens with one attached hydrogen (secondary N) is 2. The van der Waals surface area contributed by atoms with E-state index < -0.39 is 0 Å². The predicted molar refractivity (Wildman–Crippen MR) is 106 cm³/mol. The van der Waals surface area contributed by atoms with E-state index in [1.54, 1.807) is 42.5 Å². The van der Waals surface area contributed by atoms with E-state index in [1.165, 1.54) is 0 Å². The standard InChI is InChI=1S/C21H20N4O/c1-3-5-18(12-15(2)23)17-8-10-19(11-9-17)24-21(26)25-20-7-4-6-16(13-20)14-22/h3-13H,1,23H2,2H3,(H2,24,25,26)/b15-12-,18-5+. The molecule has 0 heterocycles. The molecule has 0 saturated heterocycles. The average Bonchev–Trinajstić information content (AvgIpc) is 2.61. The van der Waals surface area contributed by atoms with E-state index in [4.69, 9.17) is 11.0 Å². The molecule has 0 aliphatic heterocycles. The quantitative estimate of drug-likeness (QED) is 0.690. The topological polar surface area (TPSA) is 90.9 Å². The highest BCUT2D eigenvalue weighted by molar-refractivity contribution is 5.99. The van der Waals surface area contributed by atoms with E-state index in [0.29, 0.717) is 22.6 Å². The van der Waals surface area contributed by atoms with Gasteiger partial charge in [0.25, 0.3) is 0 Å². The highest BCUT2D eigenvalue weighted by Crippen LogP contribution is 2.20. The molecule has 0 fully saturated rings. The van der Waals surface area contributed by atoms with Gasteiger partial charge in [0.15, 0.2) is 0 Å². The number of hydrogen-bond acceptors (Lipinski definition) is 3. The summed E-state index contributed by atoms with van der Waals surface area (Å²) >= 11 is 0. The van der Waals surface area contributed by atoms with Gasteiger partial charge < -0.3 is 16.4 Å². The van der Waals surface area contributed by atoms with Crippen LogP contribution in [0.2, 0.25) is 0 Å². The molecule has 130 valence electrons. The second-order valence-corrected chi connectivity index (χ2v) is 5.60. The highest BCUT2D eigenvalue weighted by atomic mass is 16.2. The van der Waals surface area contributed by atoms with Gasteiger partial charge in [-0.05, 0) is 54.5 Å². The van der Waals surface area contributed by atoms with Crippen molar-refractivity contribution in [3.8, 4) is 6.07 Å². The Labute approximate surface area is 153 Å². The Kier molecular flexibility index (Phi) is 6.35. The summed E-state index contributed by atoms with van der Waals surface area (Å²) in [6.07, 6.45) is 5.43. The zero-order valence-corrected chi connectivity index (χ0v) is 14.5. The third kappa shape index (κ3) is 5.39. The Morgan fingerprint density at radius 3 is 2.46 bits per heavy atom. The van der Waals surface area contributed by atoms with E-state index in [9.17, 15) is 4.79 Å². The fourth-order valence-corrected chi connectivity index (χ4v) is 2.31. The summed E-state index contributed by atoms with van der Waals surface area (Å²) in [5.41, 5.74) is 10.0. The first-order valence-corrected chi connectivity index (χ1v) is 7.97. The van der Waals surface area contributed by atoms with Gasteiger partial charge in [-0.2, -0.15) is 5.26 Å². The van der Waals surface area contributed by atoms with Crippen molar-refractivity contribution >= 4 is 23.0 Å². The summed E-state index contributed by atoms with van der Waals surface area (Å²) in [5.74, 6) is 0. The van der Waals surface area contributed by atoms with Crippen molar-refractivity contribution < 1.29 is 4.79 Å². The van der Waals surface area contributed by atoms with Gasteiger partial charge in [0.05, 0.1) is 11.6 Å². The molecule has 0 atom stereocenters. The zero-order valence-electron chi connectivity index (χ0n) is 14.5. The van der Waals surface area contributed by atoms with Crippen molar-refractivity contribution in [3.05, 3.63) is 90.2 Å². The SMILES string of the molecule is C=C/C=C(\C=C(\C)N)c1ccc(NC(=O)Nc2cccc(C#N)c2)cc1. The fourth-order valence-electron chi connectivity index (χ4n) is 2.31. The summed E-state index contributed by atoms with van der Waals surface area (Å²) in [6.45, 7) is 5.53. The number of urea groups is 1. The smallest absolute Gasteiger partial charge is 0.323 e. The first-order valence-electron chi connectivity index (χ1n) is 7.97. The second kappa shape index (κ2) is 8.90. The van der Waals surface area contributed by atoms with Crippen LogP contribution in [0.4, 0.5) is 16.2 Å². The number of benzene rings is 2. The Hall–Kier alpha value is -3.78. The van der Waals surface area contributed by atoms with Crippen LogP contribution in [0.3, 0.4) is 0 Å². The molecule has 2 amide bonds. The Balaban J connectivity index is 2.07. The fraction of sp³-hybridized carbons (Fsp3) is 0.0476. The molecular weight excluding hydrogens is 324 g/mol. The van der Waals surface area contributed by atoms with Crippen molar-refractivity contribution in [1.29, 1.82) is 5.26 Å². The lowest BCUT2D eigenvalue weighted by atomic mass is 10.0. The molecule has 0 aliphatic rings. The molecule has 0 bridgehead atoms. The lowest BCUT2D eigenvalue weighted by Crippen LogP contribution is -2.19. The number of hydrogen-bond donors (Lipinski definition) is 3. The maximum atomic E-state index is 12.1. The number of carbonyl (C=O) groups is 1. The third-order valence-electron chi connectivity index (χ3n) is 3.41. The molecular formula is C21H20N4O. The maximum Gasteiger partial charge on any atom is 0.323 e. The van der Waals surface area contributed by atoms with E-state index in [2.05, 4.69) is 17.2 Å². The van der Waals surface area contributed by atoms with Crippen LogP contribution in [-0.4, -0.2) is 6.03 Å². The lowest BCUT2D eigenvalue weighted by Gasteiger charge is -2.09. The van der Waals surface area contributed by atoms with Crippen molar-refractivity contribution in [2.24, 2.45) is 5.73 Å². The minimum Gasteiger partial charge on any atom is -0.402 e. The summed E-state index contributed by atoms with van der Waals surface area (Å²) in [4.78, 5) is 12.1. The van der Waals surface area contributed by atoms with E-state index in [0.717, 1.165) is 11.1 Å². The van der Waals surface area contributed by atoms with Gasteiger partial charge in [-0.25, -0.2) is 4.79 Å². The molecule has 0 spiro atoms. The van der Waals surface area contributed by atoms with Crippen LogP contribution >= 0.6 is 0 Å². The van der Waals surface area contributed by atoms with E-state index in [1.807, 2.05) is 37.3 Å². The lowest BCUT2D eigenvalue weighted by molar-refractivity contribution is 0.262. The maximum absolute atomic E-state index is 12.1. The minimum atomic E-state index is -0.382. The van der Waals surface area contributed by atoms with Gasteiger partial charge in [-0.15, -0.1) is 0 Å². The summed E-state index contributed by atoms with van der Waals surface area (Å²) < 4.78 is 0. The number of nitriles is 1. The molecule has 0 unspecified atom stereocenters. The first-order chi connectivity index (χ1) is 12.5. The second-order valence-electron chi connectivity index (χ2n) is 5.60. The van der Waals surface area contributed by atoms with Gasteiger partial charge in [0.2, 0.25) is 0 Å². The van der Waals surface area contributed by atoms with Gasteiger partial charge in [-0.3, -0.25) is 0 Å². The van der Waals surface area contributed by atoms with Crippen LogP contribution in [0.25, 0.3) is 5.57 Å². The zero-order chi connectivity index (χ0) is 18.9. The number of carbonyl (C=O) groups excluding carboxylic acids is 1. The van der Waals surface area contributed by atoms with Gasteiger partial charge in [0.1, 0.15) is 0 Å². The largest absolute Gasteiger partial charge is 0.402 e. The molecule has 0 saturated carbocycles. The summed E-state index contributed by atoms with van der Waals surface area (Å²) in [6, 6.07) is 15.7. The third-order valence-corrected chi connectivity index (χ3v) is 3.41. The van der Waals surface area contributed by atoms with Crippen molar-refractivity contribution in [3.63, 3.8) is 0 Å². The summed E-state index contributed by atoms with van der Waals surface area (Å²) in [5, 5.41) is 14.3. The number of allylic oxidation sites excluding steroid dienone is 5. The highest BCUT2D eigenvalue weighted by Gasteiger charge is 2.04. The number of amides is 2. The van der Waals surface area contributed by atoms with Crippen LogP contribution in [0.15, 0.2) is 79.0 Å². The Morgan fingerprint density at radius 2 is 1.85 bits per heavy atom. The summed E-state index contributed by atoms with van der Waals surface area (Å²) in [7, 11) is 0. The van der Waals surface area contributed by atoms with Crippen LogP contribution < -0.4 is 16.4 Å². The molecule has 4 N–H and O–H groups in total. The molecule has 2 aromatic carbocycles. The van der Waals surface area contributed by atoms with Gasteiger partial charge in [-0.1, -0.05) is 36.9 Å². The van der Waals surface area contributed by atoms with Crippen molar-refractivity contribution in [2.45, 2.75) is 6.92 Å². The van der Waals surface area contributed by atoms with Crippen LogP contribution in [0, 0.1) is 11.3 Å². The minimum absolute atomic E-state index is 0.382. The van der Waals surface area contributed by atoms with Crippen LogP contribution in [-0.2, 0) is 0 Å². The number of nitrogens with two attached hydrogens (primary N) is 1. The van der Waals surface area contributed by atoms with E-state index in [-0.39, 0.29) is 6.03 Å². The van der Waals surface area contributed by atoms with Crippen LogP contribution in [0.5, 0.6) is 0 Å². The molecule has 5 heteroatoms. The van der Waals surface area contributed by atoms with Gasteiger partial charge in [0, 0.05) is 17.1 Å². The molecule has 5 nitrogen and oxygen atoms in total. The molecule has 0 aromatic heterocycles. The molecule has 2 aromatic rings. The number of rotatable bonds is 5. The number of nitrogens with zero attached hydrogens (tertiary/aromatic N) is 1. The average molecular weight is 344 g/mol.